The molecule has 0 atom stereocenters. The third kappa shape index (κ3) is 6.17. The average molecular weight is 485 g/mol. The molecule has 1 aliphatic heterocycles. The molecular weight excluding hydrogens is 456 g/mol. The molecule has 0 bridgehead atoms. The van der Waals surface area contributed by atoms with Gasteiger partial charge in [0.25, 0.3) is 11.5 Å². The number of carbonyl (C=O) groups excluding carboxylic acids is 2. The van der Waals surface area contributed by atoms with Crippen LogP contribution in [-0.4, -0.2) is 63.9 Å². The number of fused-ring (bicyclic) bond motifs is 2. The second kappa shape index (κ2) is 11.2. The molecule has 0 saturated heterocycles. The molecule has 0 unspecified atom stereocenters. The summed E-state index contributed by atoms with van der Waals surface area (Å²) in [4.78, 5) is 50.0. The van der Waals surface area contributed by atoms with Crippen LogP contribution < -0.4 is 20.9 Å². The molecule has 10 nitrogen and oxygen atoms in total. The second-order valence-electron chi connectivity index (χ2n) is 8.12. The third-order valence-electron chi connectivity index (χ3n) is 5.40. The van der Waals surface area contributed by atoms with Crippen molar-refractivity contribution in [3.8, 4) is 5.75 Å². The zero-order chi connectivity index (χ0) is 23.9. The molecule has 11 heteroatoms. The summed E-state index contributed by atoms with van der Waals surface area (Å²) in [5.41, 5.74) is 0.825. The summed E-state index contributed by atoms with van der Waals surface area (Å²) in [6.07, 6.45) is 5.10. The van der Waals surface area contributed by atoms with Gasteiger partial charge >= 0.3 is 0 Å². The Hall–Kier alpha value is -3.31. The smallest absolute Gasteiger partial charge is 0.273 e. The first kappa shape index (κ1) is 23.8. The molecule has 0 aliphatic carbocycles. The molecule has 0 saturated carbocycles. The van der Waals surface area contributed by atoms with Gasteiger partial charge in [-0.3, -0.25) is 23.7 Å². The van der Waals surface area contributed by atoms with Crippen molar-refractivity contribution in [2.45, 2.75) is 32.7 Å². The number of hydrogen-bond acceptors (Lipinski definition) is 8. The van der Waals surface area contributed by atoms with Gasteiger partial charge in [-0.05, 0) is 38.4 Å². The van der Waals surface area contributed by atoms with Crippen LogP contribution in [0.3, 0.4) is 0 Å². The predicted molar refractivity (Wildman–Crippen MR) is 128 cm³/mol. The van der Waals surface area contributed by atoms with Crippen LogP contribution in [0.15, 0.2) is 35.4 Å². The minimum atomic E-state index is -0.300. The number of nitrogens with zero attached hydrogens (tertiary/aromatic N) is 4. The Bertz CT molecular complexity index is 1220. The molecule has 4 rings (SSSR count). The highest BCUT2D eigenvalue weighted by Gasteiger charge is 2.16. The zero-order valence-corrected chi connectivity index (χ0v) is 19.9. The highest BCUT2D eigenvalue weighted by Crippen LogP contribution is 2.16. The monoisotopic (exact) mass is 484 g/mol. The first-order chi connectivity index (χ1) is 16.5. The number of ether oxygens (including phenoxy) is 1. The number of aromatic nitrogens is 3. The Morgan fingerprint density at radius 2 is 2.00 bits per heavy atom. The van der Waals surface area contributed by atoms with Gasteiger partial charge in [-0.2, -0.15) is 0 Å². The lowest BCUT2D eigenvalue weighted by atomic mass is 10.2. The Balaban J connectivity index is 1.46. The van der Waals surface area contributed by atoms with Gasteiger partial charge in [0, 0.05) is 49.4 Å². The van der Waals surface area contributed by atoms with Crippen LogP contribution >= 0.6 is 11.3 Å². The predicted octanol–water partition coefficient (Wildman–Crippen LogP) is 1.37. The lowest BCUT2D eigenvalue weighted by molar-refractivity contribution is -0.121. The van der Waals surface area contributed by atoms with Gasteiger partial charge in [0.05, 0.1) is 12.2 Å². The van der Waals surface area contributed by atoms with E-state index in [0.717, 1.165) is 4.88 Å². The van der Waals surface area contributed by atoms with Crippen molar-refractivity contribution in [2.75, 3.05) is 32.8 Å². The molecule has 0 radical (unpaired) electrons. The first-order valence-electron chi connectivity index (χ1n) is 11.3. The van der Waals surface area contributed by atoms with Gasteiger partial charge in [0.2, 0.25) is 5.91 Å². The number of amides is 2. The molecule has 1 aliphatic rings. The number of pyridine rings is 1. The van der Waals surface area contributed by atoms with Crippen molar-refractivity contribution < 1.29 is 14.3 Å². The summed E-state index contributed by atoms with van der Waals surface area (Å²) in [5.74, 6) is 0.0395. The number of aryl methyl sites for hydroxylation is 1. The summed E-state index contributed by atoms with van der Waals surface area (Å²) in [5, 5.41) is 5.75. The molecule has 180 valence electrons. The quantitative estimate of drug-likeness (QED) is 0.564. The van der Waals surface area contributed by atoms with Gasteiger partial charge in [0.15, 0.2) is 16.4 Å². The Morgan fingerprint density at radius 1 is 1.15 bits per heavy atom. The van der Waals surface area contributed by atoms with Crippen LogP contribution in [0.4, 0.5) is 0 Å². The fourth-order valence-electron chi connectivity index (χ4n) is 3.81. The largest absolute Gasteiger partial charge is 0.489 e. The highest BCUT2D eigenvalue weighted by molar-refractivity contribution is 7.16. The molecule has 2 N–H and O–H groups in total. The van der Waals surface area contributed by atoms with E-state index in [1.807, 2.05) is 6.92 Å². The maximum absolute atomic E-state index is 12.6. The van der Waals surface area contributed by atoms with Gasteiger partial charge < -0.3 is 15.4 Å². The molecule has 4 heterocycles. The summed E-state index contributed by atoms with van der Waals surface area (Å²) in [6, 6.07) is 4.96. The number of rotatable bonds is 2. The van der Waals surface area contributed by atoms with E-state index in [1.165, 1.54) is 11.3 Å². The summed E-state index contributed by atoms with van der Waals surface area (Å²) >= 11 is 1.48. The summed E-state index contributed by atoms with van der Waals surface area (Å²) < 4.78 is 7.22. The Kier molecular flexibility index (Phi) is 7.86. The first-order valence-corrected chi connectivity index (χ1v) is 12.1. The van der Waals surface area contributed by atoms with Crippen molar-refractivity contribution in [2.24, 2.45) is 0 Å². The van der Waals surface area contributed by atoms with E-state index in [4.69, 9.17) is 4.74 Å². The van der Waals surface area contributed by atoms with Crippen molar-refractivity contribution >= 4 is 28.1 Å². The average Bonchev–Trinajstić information content (AvgIpc) is 3.19. The molecule has 0 fully saturated rings. The zero-order valence-electron chi connectivity index (χ0n) is 19.1. The van der Waals surface area contributed by atoms with Crippen LogP contribution in [0.5, 0.6) is 5.75 Å². The molecule has 0 spiro atoms. The summed E-state index contributed by atoms with van der Waals surface area (Å²) in [7, 11) is 0. The SMILES string of the molecule is Cc1cn2c(=O)cc(CN3CCCNC(=O)c4ncccc4OCCNC(=O)CCC3)nc2s1. The Labute approximate surface area is 201 Å². The fraction of sp³-hybridized carbons (Fsp3) is 0.435. The molecule has 3 aromatic rings. The van der Waals surface area contributed by atoms with Crippen LogP contribution in [0.25, 0.3) is 4.96 Å². The van der Waals surface area contributed by atoms with E-state index in [1.54, 1.807) is 35.0 Å². The number of hydrogen-bond donors (Lipinski definition) is 2. The van der Waals surface area contributed by atoms with E-state index < -0.39 is 0 Å². The third-order valence-corrected chi connectivity index (χ3v) is 6.30. The van der Waals surface area contributed by atoms with Crippen molar-refractivity contribution in [3.05, 3.63) is 57.2 Å². The van der Waals surface area contributed by atoms with Crippen LogP contribution in [-0.2, 0) is 11.3 Å². The van der Waals surface area contributed by atoms with E-state index in [0.29, 0.717) is 68.4 Å². The van der Waals surface area contributed by atoms with Crippen LogP contribution in [0.1, 0.15) is 40.3 Å². The fourth-order valence-corrected chi connectivity index (χ4v) is 4.66. The summed E-state index contributed by atoms with van der Waals surface area (Å²) in [6.45, 7) is 4.85. The highest BCUT2D eigenvalue weighted by atomic mass is 32.1. The van der Waals surface area contributed by atoms with Crippen LogP contribution in [0.2, 0.25) is 0 Å². The number of nitrogens with one attached hydrogen (secondary N) is 2. The van der Waals surface area contributed by atoms with Crippen molar-refractivity contribution in [3.63, 3.8) is 0 Å². The van der Waals surface area contributed by atoms with E-state index in [2.05, 4.69) is 25.5 Å². The topological polar surface area (TPSA) is 118 Å². The van der Waals surface area contributed by atoms with Crippen molar-refractivity contribution in [1.29, 1.82) is 0 Å². The lowest BCUT2D eigenvalue weighted by Gasteiger charge is -2.22. The van der Waals surface area contributed by atoms with E-state index in [-0.39, 0.29) is 29.7 Å². The molecule has 34 heavy (non-hydrogen) atoms. The van der Waals surface area contributed by atoms with Gasteiger partial charge in [0.1, 0.15) is 6.61 Å². The number of carbonyl (C=O) groups is 2. The molecule has 3 aromatic heterocycles. The number of thiazole rings is 1. The lowest BCUT2D eigenvalue weighted by Crippen LogP contribution is -2.33. The normalized spacial score (nSPS) is 17.0. The van der Waals surface area contributed by atoms with Crippen LogP contribution in [0, 0.1) is 6.92 Å². The molecule has 2 amide bonds. The van der Waals surface area contributed by atoms with E-state index >= 15 is 0 Å². The van der Waals surface area contributed by atoms with Crippen molar-refractivity contribution in [1.82, 2.24) is 29.9 Å². The minimum absolute atomic E-state index is 0.0494. The maximum Gasteiger partial charge on any atom is 0.273 e. The van der Waals surface area contributed by atoms with Gasteiger partial charge in [-0.15, -0.1) is 11.3 Å². The minimum Gasteiger partial charge on any atom is -0.489 e. The standard InChI is InChI=1S/C23H28N6O4S/c1-16-14-29-20(31)13-17(27-23(29)34-16)15-28-10-3-6-19(30)24-9-12-33-18-5-2-7-25-21(18)22(32)26-8-4-11-28/h2,5,7,13-14H,3-4,6,8-12,15H2,1H3,(H,24,30)(H,26,32). The van der Waals surface area contributed by atoms with E-state index in [9.17, 15) is 14.4 Å². The van der Waals surface area contributed by atoms with Gasteiger partial charge in [-0.1, -0.05) is 0 Å². The molecule has 0 aromatic carbocycles. The Morgan fingerprint density at radius 3 is 2.88 bits per heavy atom. The maximum atomic E-state index is 12.6. The van der Waals surface area contributed by atoms with Gasteiger partial charge in [-0.25, -0.2) is 9.97 Å². The molecular formula is C23H28N6O4S. The second-order valence-corrected chi connectivity index (χ2v) is 9.33.